The smallest absolute Gasteiger partial charge is 0.329 e. The Labute approximate surface area is 183 Å². The van der Waals surface area contributed by atoms with Gasteiger partial charge in [-0.15, -0.1) is 0 Å². The topological polar surface area (TPSA) is 91.9 Å². The second-order valence-electron chi connectivity index (χ2n) is 7.07. The van der Waals surface area contributed by atoms with Gasteiger partial charge < -0.3 is 9.14 Å². The summed E-state index contributed by atoms with van der Waals surface area (Å²) in [5.74, 6) is -1.07. The highest BCUT2D eigenvalue weighted by atomic mass is 32.2. The van der Waals surface area contributed by atoms with Gasteiger partial charge in [-0.1, -0.05) is 18.2 Å². The molecule has 1 aromatic carbocycles. The number of hydrogen-bond donors (Lipinski definition) is 0. The molecule has 0 aliphatic carbocycles. The van der Waals surface area contributed by atoms with Crippen LogP contribution in [0.2, 0.25) is 0 Å². The minimum absolute atomic E-state index is 0.123. The summed E-state index contributed by atoms with van der Waals surface area (Å²) in [5.41, 5.74) is 2.29. The number of imide groups is 1. The standard InChI is InChI=1S/C23H19N3O4S/c1-31-11-9-20(26-21(27)16-6-2-3-7-17(16)22(26)28)23(29)30-14-15-13-25-10-5-4-8-19(25)18(15)12-24/h2-8,10,13,20H,9,11,14H2,1H3. The summed E-state index contributed by atoms with van der Waals surface area (Å²) >= 11 is 1.51. The van der Waals surface area contributed by atoms with Gasteiger partial charge in [0, 0.05) is 18.0 Å². The number of fused-ring (bicyclic) bond motifs is 2. The van der Waals surface area contributed by atoms with Crippen LogP contribution in [0.3, 0.4) is 0 Å². The first-order chi connectivity index (χ1) is 15.1. The van der Waals surface area contributed by atoms with E-state index in [-0.39, 0.29) is 13.0 Å². The molecule has 4 rings (SSSR count). The van der Waals surface area contributed by atoms with Crippen LogP contribution >= 0.6 is 11.8 Å². The van der Waals surface area contributed by atoms with E-state index in [1.807, 2.05) is 30.7 Å². The first kappa shape index (κ1) is 20.7. The average Bonchev–Trinajstić information content (AvgIpc) is 3.28. The molecule has 0 saturated carbocycles. The highest BCUT2D eigenvalue weighted by molar-refractivity contribution is 7.98. The summed E-state index contributed by atoms with van der Waals surface area (Å²) in [6.45, 7) is -0.123. The molecule has 1 aliphatic rings. The van der Waals surface area contributed by atoms with Crippen molar-refractivity contribution in [1.82, 2.24) is 9.30 Å². The number of nitriles is 1. The maximum Gasteiger partial charge on any atom is 0.329 e. The fraction of sp³-hybridized carbons (Fsp3) is 0.217. The van der Waals surface area contributed by atoms with E-state index in [1.165, 1.54) is 11.8 Å². The number of aromatic nitrogens is 1. The predicted octanol–water partition coefficient (Wildman–Crippen LogP) is 3.27. The molecular weight excluding hydrogens is 414 g/mol. The Bertz CT molecular complexity index is 1190. The molecule has 0 spiro atoms. The van der Waals surface area contributed by atoms with Gasteiger partial charge in [0.15, 0.2) is 0 Å². The maximum absolute atomic E-state index is 13.0. The zero-order chi connectivity index (χ0) is 22.0. The molecule has 8 heteroatoms. The molecule has 1 unspecified atom stereocenters. The second-order valence-corrected chi connectivity index (χ2v) is 8.05. The van der Waals surface area contributed by atoms with E-state index in [0.717, 1.165) is 10.4 Å². The zero-order valence-corrected chi connectivity index (χ0v) is 17.6. The predicted molar refractivity (Wildman–Crippen MR) is 116 cm³/mol. The number of benzene rings is 1. The SMILES string of the molecule is CSCCC(C(=O)OCc1cn2ccccc2c1C#N)N1C(=O)c2ccccc2C1=O. The highest BCUT2D eigenvalue weighted by Crippen LogP contribution is 2.27. The number of ether oxygens (including phenoxy) is 1. The van der Waals surface area contributed by atoms with Gasteiger partial charge in [-0.05, 0) is 42.7 Å². The largest absolute Gasteiger partial charge is 0.459 e. The van der Waals surface area contributed by atoms with Gasteiger partial charge in [-0.3, -0.25) is 14.5 Å². The fourth-order valence-electron chi connectivity index (χ4n) is 3.73. The molecule has 2 aromatic heterocycles. The summed E-state index contributed by atoms with van der Waals surface area (Å²) < 4.78 is 7.30. The van der Waals surface area contributed by atoms with Gasteiger partial charge >= 0.3 is 5.97 Å². The normalized spacial score (nSPS) is 13.9. The molecule has 0 radical (unpaired) electrons. The Morgan fingerprint density at radius 2 is 1.81 bits per heavy atom. The van der Waals surface area contributed by atoms with Crippen molar-refractivity contribution >= 4 is 35.1 Å². The van der Waals surface area contributed by atoms with Crippen molar-refractivity contribution in [2.45, 2.75) is 19.1 Å². The van der Waals surface area contributed by atoms with Crippen LogP contribution in [0.15, 0.2) is 54.9 Å². The molecule has 3 heterocycles. The summed E-state index contributed by atoms with van der Waals surface area (Å²) in [5, 5.41) is 9.53. The van der Waals surface area contributed by atoms with Crippen LogP contribution in [-0.2, 0) is 16.1 Å². The van der Waals surface area contributed by atoms with Crippen molar-refractivity contribution in [3.8, 4) is 6.07 Å². The molecule has 156 valence electrons. The summed E-state index contributed by atoms with van der Waals surface area (Å²) in [7, 11) is 0. The van der Waals surface area contributed by atoms with Crippen LogP contribution in [0, 0.1) is 11.3 Å². The molecule has 0 fully saturated rings. The minimum Gasteiger partial charge on any atom is -0.459 e. The third-order valence-corrected chi connectivity index (χ3v) is 5.89. The molecule has 0 bridgehead atoms. The molecule has 1 atom stereocenters. The van der Waals surface area contributed by atoms with Gasteiger partial charge in [-0.25, -0.2) is 4.79 Å². The molecule has 31 heavy (non-hydrogen) atoms. The third kappa shape index (κ3) is 3.68. The third-order valence-electron chi connectivity index (χ3n) is 5.25. The molecule has 7 nitrogen and oxygen atoms in total. The highest BCUT2D eigenvalue weighted by Gasteiger charge is 2.43. The number of thioether (sulfide) groups is 1. The van der Waals surface area contributed by atoms with Crippen molar-refractivity contribution in [3.63, 3.8) is 0 Å². The van der Waals surface area contributed by atoms with Crippen LogP contribution in [0.25, 0.3) is 5.52 Å². The Kier molecular flexibility index (Phi) is 5.78. The molecule has 3 aromatic rings. The van der Waals surface area contributed by atoms with Gasteiger partial charge in [0.1, 0.15) is 18.7 Å². The summed E-state index contributed by atoms with van der Waals surface area (Å²) in [6, 6.07) is 13.1. The van der Waals surface area contributed by atoms with Gasteiger partial charge in [0.05, 0.1) is 22.2 Å². The van der Waals surface area contributed by atoms with Crippen LogP contribution in [0.5, 0.6) is 0 Å². The van der Waals surface area contributed by atoms with E-state index in [9.17, 15) is 19.6 Å². The number of carbonyl (C=O) groups excluding carboxylic acids is 3. The Balaban J connectivity index is 1.57. The van der Waals surface area contributed by atoms with E-state index in [1.54, 1.807) is 34.9 Å². The van der Waals surface area contributed by atoms with E-state index < -0.39 is 23.8 Å². The fourth-order valence-corrected chi connectivity index (χ4v) is 4.19. The number of nitrogens with zero attached hydrogens (tertiary/aromatic N) is 3. The lowest BCUT2D eigenvalue weighted by atomic mass is 10.1. The maximum atomic E-state index is 13.0. The van der Waals surface area contributed by atoms with Gasteiger partial charge in [0.25, 0.3) is 11.8 Å². The van der Waals surface area contributed by atoms with Crippen molar-refractivity contribution in [2.75, 3.05) is 12.0 Å². The van der Waals surface area contributed by atoms with Gasteiger partial charge in [-0.2, -0.15) is 17.0 Å². The number of carbonyl (C=O) groups is 3. The number of amides is 2. The number of pyridine rings is 1. The minimum atomic E-state index is -1.03. The lowest BCUT2D eigenvalue weighted by Gasteiger charge is -2.24. The Morgan fingerprint density at radius 3 is 2.45 bits per heavy atom. The Morgan fingerprint density at radius 1 is 1.13 bits per heavy atom. The summed E-state index contributed by atoms with van der Waals surface area (Å²) in [6.07, 6.45) is 5.71. The zero-order valence-electron chi connectivity index (χ0n) is 16.8. The van der Waals surface area contributed by atoms with Crippen molar-refractivity contribution in [1.29, 1.82) is 5.26 Å². The van der Waals surface area contributed by atoms with E-state index in [0.29, 0.717) is 28.0 Å². The van der Waals surface area contributed by atoms with Crippen LogP contribution in [0.4, 0.5) is 0 Å². The number of esters is 1. The summed E-state index contributed by atoms with van der Waals surface area (Å²) in [4.78, 5) is 39.7. The number of rotatable bonds is 7. The molecule has 0 N–H and O–H groups in total. The lowest BCUT2D eigenvalue weighted by Crippen LogP contribution is -2.46. The molecule has 0 saturated heterocycles. The van der Waals surface area contributed by atoms with Crippen LogP contribution in [-0.4, -0.2) is 45.1 Å². The lowest BCUT2D eigenvalue weighted by molar-refractivity contribution is -0.149. The van der Waals surface area contributed by atoms with Gasteiger partial charge in [0.2, 0.25) is 0 Å². The van der Waals surface area contributed by atoms with E-state index >= 15 is 0 Å². The van der Waals surface area contributed by atoms with E-state index in [2.05, 4.69) is 6.07 Å². The average molecular weight is 433 g/mol. The molecular formula is C23H19N3O4S. The van der Waals surface area contributed by atoms with E-state index in [4.69, 9.17) is 4.74 Å². The van der Waals surface area contributed by atoms with Crippen molar-refractivity contribution < 1.29 is 19.1 Å². The van der Waals surface area contributed by atoms with Crippen molar-refractivity contribution in [3.05, 3.63) is 77.1 Å². The molecule has 1 aliphatic heterocycles. The number of hydrogen-bond acceptors (Lipinski definition) is 6. The van der Waals surface area contributed by atoms with Crippen LogP contribution in [0.1, 0.15) is 38.3 Å². The second kappa shape index (κ2) is 8.66. The monoisotopic (exact) mass is 433 g/mol. The first-order valence-corrected chi connectivity index (χ1v) is 11.1. The Hall–Kier alpha value is -3.57. The molecule has 2 amide bonds. The first-order valence-electron chi connectivity index (χ1n) is 9.68. The quantitative estimate of drug-likeness (QED) is 0.419. The van der Waals surface area contributed by atoms with Crippen LogP contribution < -0.4 is 0 Å². The van der Waals surface area contributed by atoms with Crippen molar-refractivity contribution in [2.24, 2.45) is 0 Å².